The van der Waals surface area contributed by atoms with Crippen molar-refractivity contribution in [2.45, 2.75) is 0 Å². The minimum absolute atomic E-state index is 0.128. The van der Waals surface area contributed by atoms with Crippen molar-refractivity contribution in [2.24, 2.45) is 10.2 Å². The van der Waals surface area contributed by atoms with Gasteiger partial charge < -0.3 is 9.52 Å². The largest absolute Gasteiger partial charge is 0.513 e. The number of rotatable bonds is 5. The summed E-state index contributed by atoms with van der Waals surface area (Å²) in [5, 5.41) is 27.8. The maximum atomic E-state index is 12.5. The average molecular weight is 365 g/mol. The quantitative estimate of drug-likeness (QED) is 0.138. The summed E-state index contributed by atoms with van der Waals surface area (Å²) < 4.78 is 5.09. The molecular formula is C18H11N3O6. The van der Waals surface area contributed by atoms with E-state index in [-0.39, 0.29) is 16.9 Å². The van der Waals surface area contributed by atoms with E-state index in [1.165, 1.54) is 30.3 Å². The molecule has 9 heteroatoms. The van der Waals surface area contributed by atoms with Crippen LogP contribution in [0.4, 0.5) is 11.4 Å². The molecule has 0 amide bonds. The topological polar surface area (TPSA) is 135 Å². The van der Waals surface area contributed by atoms with E-state index >= 15 is 0 Å². The Labute approximate surface area is 151 Å². The molecule has 0 aliphatic heterocycles. The summed E-state index contributed by atoms with van der Waals surface area (Å²) in [6, 6.07) is 13.1. The fourth-order valence-corrected chi connectivity index (χ4v) is 2.24. The number of carbonyl (C=O) groups excluding carboxylic acids is 1. The Morgan fingerprint density at radius 1 is 1.15 bits per heavy atom. The number of para-hydroxylation sites is 1. The number of benzene rings is 2. The number of azo groups is 1. The second kappa shape index (κ2) is 7.40. The molecule has 3 aromatic rings. The first-order valence-electron chi connectivity index (χ1n) is 7.58. The van der Waals surface area contributed by atoms with E-state index in [2.05, 4.69) is 10.2 Å². The van der Waals surface area contributed by atoms with Crippen LogP contribution in [0.1, 0.15) is 10.4 Å². The van der Waals surface area contributed by atoms with Gasteiger partial charge in [-0.1, -0.05) is 18.2 Å². The number of Topliss-reactive ketones (excluding diaryl/α,β-unsaturated/α-hetero) is 1. The Morgan fingerprint density at radius 3 is 2.52 bits per heavy atom. The number of fused-ring (bicyclic) bond motifs is 1. The standard InChI is InChI=1S/C18H11N3O6/c22-10-15(20-19-12-5-7-13(8-6-12)21(25)26)17(23)14-9-11-3-1-2-4-16(11)27-18(14)24/h1-10,22H/b15-10+,20-19?. The number of allylic oxidation sites excluding steroid dienone is 1. The summed E-state index contributed by atoms with van der Waals surface area (Å²) in [7, 11) is 0. The smallest absolute Gasteiger partial charge is 0.347 e. The van der Waals surface area contributed by atoms with Gasteiger partial charge in [0.2, 0.25) is 5.78 Å². The summed E-state index contributed by atoms with van der Waals surface area (Å²) in [5.41, 5.74) is -1.26. The number of carbonyl (C=O) groups is 1. The van der Waals surface area contributed by atoms with Crippen molar-refractivity contribution in [1.29, 1.82) is 0 Å². The highest BCUT2D eigenvalue weighted by Crippen LogP contribution is 2.20. The van der Waals surface area contributed by atoms with Gasteiger partial charge >= 0.3 is 5.63 Å². The number of ketones is 1. The van der Waals surface area contributed by atoms with Gasteiger partial charge in [0.15, 0.2) is 5.70 Å². The maximum absolute atomic E-state index is 12.5. The highest BCUT2D eigenvalue weighted by Gasteiger charge is 2.18. The molecule has 134 valence electrons. The first kappa shape index (κ1) is 17.7. The predicted molar refractivity (Wildman–Crippen MR) is 95.1 cm³/mol. The zero-order valence-electron chi connectivity index (χ0n) is 13.6. The maximum Gasteiger partial charge on any atom is 0.347 e. The van der Waals surface area contributed by atoms with E-state index in [1.807, 2.05) is 0 Å². The Kier molecular flexibility index (Phi) is 4.84. The van der Waals surface area contributed by atoms with Crippen LogP contribution in [0.2, 0.25) is 0 Å². The van der Waals surface area contributed by atoms with Crippen LogP contribution in [0.25, 0.3) is 11.0 Å². The first-order chi connectivity index (χ1) is 13.0. The molecule has 9 nitrogen and oxygen atoms in total. The second-order valence-corrected chi connectivity index (χ2v) is 5.30. The molecule has 3 rings (SSSR count). The number of hydrogen-bond donors (Lipinski definition) is 1. The zero-order valence-corrected chi connectivity index (χ0v) is 13.6. The predicted octanol–water partition coefficient (Wildman–Crippen LogP) is 4.07. The summed E-state index contributed by atoms with van der Waals surface area (Å²) in [6.07, 6.45) is 0.422. The van der Waals surface area contributed by atoms with Crippen LogP contribution in [0.15, 0.2) is 86.0 Å². The molecule has 27 heavy (non-hydrogen) atoms. The molecule has 0 unspecified atom stereocenters. The Bertz CT molecular complexity index is 1150. The van der Waals surface area contributed by atoms with Crippen LogP contribution in [-0.2, 0) is 0 Å². The molecule has 0 bridgehead atoms. The van der Waals surface area contributed by atoms with Crippen LogP contribution >= 0.6 is 0 Å². The van der Waals surface area contributed by atoms with Crippen LogP contribution in [-0.4, -0.2) is 15.8 Å². The number of nitrogens with zero attached hydrogens (tertiary/aromatic N) is 3. The number of non-ortho nitro benzene ring substituents is 1. The van der Waals surface area contributed by atoms with Gasteiger partial charge in [-0.25, -0.2) is 4.79 Å². The second-order valence-electron chi connectivity index (χ2n) is 5.30. The molecule has 0 spiro atoms. The third-order valence-corrected chi connectivity index (χ3v) is 3.57. The summed E-state index contributed by atoms with van der Waals surface area (Å²) >= 11 is 0. The molecule has 0 atom stereocenters. The van der Waals surface area contributed by atoms with Gasteiger partial charge in [-0.3, -0.25) is 14.9 Å². The average Bonchev–Trinajstić information content (AvgIpc) is 2.68. The highest BCUT2D eigenvalue weighted by atomic mass is 16.6. The molecule has 0 aliphatic rings. The number of nitro groups is 1. The lowest BCUT2D eigenvalue weighted by molar-refractivity contribution is -0.384. The molecule has 0 saturated carbocycles. The van der Waals surface area contributed by atoms with Gasteiger partial charge in [0.1, 0.15) is 17.4 Å². The van der Waals surface area contributed by atoms with Crippen molar-refractivity contribution in [3.63, 3.8) is 0 Å². The van der Waals surface area contributed by atoms with Crippen LogP contribution in [0, 0.1) is 10.1 Å². The molecule has 0 saturated heterocycles. The summed E-state index contributed by atoms with van der Waals surface area (Å²) in [6.45, 7) is 0. The molecule has 1 N–H and O–H groups in total. The van der Waals surface area contributed by atoms with E-state index in [0.717, 1.165) is 0 Å². The van der Waals surface area contributed by atoms with Crippen molar-refractivity contribution >= 4 is 28.1 Å². The van der Waals surface area contributed by atoms with Gasteiger partial charge in [0.05, 0.1) is 10.6 Å². The van der Waals surface area contributed by atoms with Gasteiger partial charge in [0.25, 0.3) is 5.69 Å². The third-order valence-electron chi connectivity index (χ3n) is 3.57. The molecule has 0 fully saturated rings. The van der Waals surface area contributed by atoms with Gasteiger partial charge in [-0.15, -0.1) is 5.11 Å². The molecule has 1 heterocycles. The molecule has 1 aromatic heterocycles. The lowest BCUT2D eigenvalue weighted by atomic mass is 10.1. The van der Waals surface area contributed by atoms with Crippen molar-refractivity contribution in [3.05, 3.63) is 92.7 Å². The molecule has 2 aromatic carbocycles. The Balaban J connectivity index is 1.89. The van der Waals surface area contributed by atoms with Gasteiger partial charge in [-0.05, 0) is 24.3 Å². The monoisotopic (exact) mass is 365 g/mol. The zero-order chi connectivity index (χ0) is 19.4. The fourth-order valence-electron chi connectivity index (χ4n) is 2.24. The first-order valence-corrected chi connectivity index (χ1v) is 7.58. The minimum atomic E-state index is -0.873. The van der Waals surface area contributed by atoms with E-state index < -0.39 is 22.0 Å². The lowest BCUT2D eigenvalue weighted by Gasteiger charge is -2.01. The SMILES string of the molecule is O=C(/C(=C\O)N=Nc1ccc([N+](=O)[O-])cc1)c1cc2ccccc2oc1=O. The minimum Gasteiger partial charge on any atom is -0.513 e. The van der Waals surface area contributed by atoms with E-state index in [9.17, 15) is 24.8 Å². The normalized spacial score (nSPS) is 11.8. The van der Waals surface area contributed by atoms with Crippen LogP contribution in [0.3, 0.4) is 0 Å². The molecule has 0 radical (unpaired) electrons. The van der Waals surface area contributed by atoms with Gasteiger partial charge in [0, 0.05) is 17.5 Å². The van der Waals surface area contributed by atoms with E-state index in [4.69, 9.17) is 4.42 Å². The Morgan fingerprint density at radius 2 is 1.85 bits per heavy atom. The number of nitro benzene ring substituents is 1. The van der Waals surface area contributed by atoms with E-state index in [1.54, 1.807) is 24.3 Å². The fraction of sp³-hybridized carbons (Fsp3) is 0. The molecular weight excluding hydrogens is 354 g/mol. The summed E-state index contributed by atoms with van der Waals surface area (Å²) in [4.78, 5) is 34.6. The Hall–Kier alpha value is -4.14. The van der Waals surface area contributed by atoms with Crippen molar-refractivity contribution in [2.75, 3.05) is 0 Å². The lowest BCUT2D eigenvalue weighted by Crippen LogP contribution is -2.15. The van der Waals surface area contributed by atoms with Crippen molar-refractivity contribution in [1.82, 2.24) is 0 Å². The van der Waals surface area contributed by atoms with Crippen molar-refractivity contribution in [3.8, 4) is 0 Å². The van der Waals surface area contributed by atoms with Gasteiger partial charge in [-0.2, -0.15) is 5.11 Å². The van der Waals surface area contributed by atoms with Crippen LogP contribution in [0.5, 0.6) is 0 Å². The van der Waals surface area contributed by atoms with E-state index in [0.29, 0.717) is 17.2 Å². The van der Waals surface area contributed by atoms with Crippen molar-refractivity contribution < 1.29 is 19.2 Å². The number of hydrogen-bond acceptors (Lipinski definition) is 8. The van der Waals surface area contributed by atoms with Crippen LogP contribution < -0.4 is 5.63 Å². The number of aliphatic hydroxyl groups excluding tert-OH is 1. The molecule has 0 aliphatic carbocycles. The number of aliphatic hydroxyl groups is 1. The summed E-state index contributed by atoms with van der Waals surface area (Å²) in [5.74, 6) is -0.873. The highest BCUT2D eigenvalue weighted by molar-refractivity contribution is 6.09. The third kappa shape index (κ3) is 3.76.